The number of anilines is 1. The molecule has 154 valence electrons. The molecule has 1 atom stereocenters. The molecule has 4 rings (SSSR count). The van der Waals surface area contributed by atoms with Crippen molar-refractivity contribution in [1.29, 1.82) is 0 Å². The normalized spacial score (nSPS) is 20.0. The van der Waals surface area contributed by atoms with Crippen LogP contribution in [0.2, 0.25) is 0 Å². The Labute approximate surface area is 171 Å². The number of hydrogen-bond donors (Lipinski definition) is 1. The summed E-state index contributed by atoms with van der Waals surface area (Å²) in [5, 5.41) is 9.24. The van der Waals surface area contributed by atoms with Crippen molar-refractivity contribution in [3.8, 4) is 5.75 Å². The van der Waals surface area contributed by atoms with Crippen LogP contribution in [0.25, 0.3) is 0 Å². The Kier molecular flexibility index (Phi) is 5.97. The fraction of sp³-hybridized carbons (Fsp3) is 0.522. The summed E-state index contributed by atoms with van der Waals surface area (Å²) in [6.45, 7) is 4.07. The van der Waals surface area contributed by atoms with Gasteiger partial charge in [0.05, 0.1) is 6.61 Å². The molecule has 0 amide bonds. The van der Waals surface area contributed by atoms with E-state index in [1.807, 2.05) is 0 Å². The first-order valence-electron chi connectivity index (χ1n) is 10.7. The highest BCUT2D eigenvalue weighted by atomic mass is 16.5. The van der Waals surface area contributed by atoms with Crippen molar-refractivity contribution in [3.05, 3.63) is 47.3 Å². The Balaban J connectivity index is 1.39. The predicted octanol–water partition coefficient (Wildman–Crippen LogP) is 4.44. The molecule has 0 bridgehead atoms. The van der Waals surface area contributed by atoms with Gasteiger partial charge in [-0.25, -0.2) is 14.8 Å². The lowest BCUT2D eigenvalue weighted by atomic mass is 9.84. The highest BCUT2D eigenvalue weighted by molar-refractivity contribution is 5.85. The predicted molar refractivity (Wildman–Crippen MR) is 112 cm³/mol. The molecule has 2 heterocycles. The van der Waals surface area contributed by atoms with Crippen LogP contribution in [-0.2, 0) is 0 Å². The summed E-state index contributed by atoms with van der Waals surface area (Å²) in [5.41, 5.74) is 2.08. The first-order chi connectivity index (χ1) is 14.1. The number of rotatable bonds is 6. The average molecular weight is 396 g/mol. The largest absolute Gasteiger partial charge is 0.493 e. The first kappa shape index (κ1) is 19.7. The number of benzene rings is 1. The van der Waals surface area contributed by atoms with Gasteiger partial charge >= 0.3 is 5.97 Å². The number of carbonyl (C=O) groups is 1. The smallest absolute Gasteiger partial charge is 0.354 e. The van der Waals surface area contributed by atoms with Crippen molar-refractivity contribution in [3.63, 3.8) is 0 Å². The van der Waals surface area contributed by atoms with E-state index in [9.17, 15) is 9.90 Å². The number of para-hydroxylation sites is 1. The lowest BCUT2D eigenvalue weighted by molar-refractivity contribution is 0.0690. The SMILES string of the molecule is Cc1cc(C(=O)O)nc(N2CCC(COc3ccccc3C3CCCCC3)C2)n1. The van der Waals surface area contributed by atoms with Crippen molar-refractivity contribution in [2.75, 3.05) is 24.6 Å². The van der Waals surface area contributed by atoms with Gasteiger partial charge in [0.2, 0.25) is 5.95 Å². The molecule has 1 N–H and O–H groups in total. The van der Waals surface area contributed by atoms with Gasteiger partial charge in [-0.15, -0.1) is 0 Å². The molecule has 1 saturated heterocycles. The minimum Gasteiger partial charge on any atom is -0.493 e. The molecule has 2 aromatic rings. The number of ether oxygens (including phenoxy) is 1. The van der Waals surface area contributed by atoms with Gasteiger partial charge in [0.25, 0.3) is 0 Å². The maximum absolute atomic E-state index is 11.3. The van der Waals surface area contributed by atoms with Crippen molar-refractivity contribution in [1.82, 2.24) is 9.97 Å². The van der Waals surface area contributed by atoms with Gasteiger partial charge in [-0.3, -0.25) is 0 Å². The fourth-order valence-electron chi connectivity index (χ4n) is 4.52. The Morgan fingerprint density at radius 3 is 2.76 bits per heavy atom. The zero-order valence-electron chi connectivity index (χ0n) is 17.0. The summed E-state index contributed by atoms with van der Waals surface area (Å²) in [6, 6.07) is 9.99. The maximum atomic E-state index is 11.3. The van der Waals surface area contributed by atoms with E-state index in [4.69, 9.17) is 4.74 Å². The minimum absolute atomic E-state index is 0.0496. The molecule has 6 nitrogen and oxygen atoms in total. The third kappa shape index (κ3) is 4.69. The lowest BCUT2D eigenvalue weighted by Crippen LogP contribution is -2.25. The molecule has 1 aromatic heterocycles. The second-order valence-electron chi connectivity index (χ2n) is 8.28. The van der Waals surface area contributed by atoms with E-state index in [1.165, 1.54) is 43.7 Å². The van der Waals surface area contributed by atoms with E-state index >= 15 is 0 Å². The van der Waals surface area contributed by atoms with Gasteiger partial charge in [-0.05, 0) is 49.8 Å². The van der Waals surface area contributed by atoms with Gasteiger partial charge in [0.1, 0.15) is 5.75 Å². The molecule has 1 unspecified atom stereocenters. The first-order valence-corrected chi connectivity index (χ1v) is 10.7. The highest BCUT2D eigenvalue weighted by Gasteiger charge is 2.27. The summed E-state index contributed by atoms with van der Waals surface area (Å²) in [5.74, 6) is 1.52. The van der Waals surface area contributed by atoms with Crippen LogP contribution in [0.5, 0.6) is 5.75 Å². The summed E-state index contributed by atoms with van der Waals surface area (Å²) in [6.07, 6.45) is 7.48. The number of aryl methyl sites for hydroxylation is 1. The van der Waals surface area contributed by atoms with Gasteiger partial charge in [0, 0.05) is 24.7 Å². The van der Waals surface area contributed by atoms with Gasteiger partial charge < -0.3 is 14.7 Å². The Morgan fingerprint density at radius 1 is 1.17 bits per heavy atom. The third-order valence-corrected chi connectivity index (χ3v) is 6.07. The Bertz CT molecular complexity index is 864. The summed E-state index contributed by atoms with van der Waals surface area (Å²) in [7, 11) is 0. The number of carboxylic acid groups (broad SMARTS) is 1. The van der Waals surface area contributed by atoms with Crippen LogP contribution in [0.1, 0.15) is 66.2 Å². The van der Waals surface area contributed by atoms with Crippen molar-refractivity contribution < 1.29 is 14.6 Å². The van der Waals surface area contributed by atoms with Gasteiger partial charge in [0.15, 0.2) is 5.69 Å². The summed E-state index contributed by atoms with van der Waals surface area (Å²) < 4.78 is 6.28. The molecule has 1 aliphatic carbocycles. The molecular weight excluding hydrogens is 366 g/mol. The molecule has 2 fully saturated rings. The molecule has 2 aliphatic rings. The van der Waals surface area contributed by atoms with Crippen LogP contribution < -0.4 is 9.64 Å². The molecular formula is C23H29N3O3. The number of nitrogens with zero attached hydrogens (tertiary/aromatic N) is 3. The number of aromatic nitrogens is 2. The maximum Gasteiger partial charge on any atom is 0.354 e. The second-order valence-corrected chi connectivity index (χ2v) is 8.28. The molecule has 1 aromatic carbocycles. The summed E-state index contributed by atoms with van der Waals surface area (Å²) >= 11 is 0. The molecule has 0 spiro atoms. The van der Waals surface area contributed by atoms with Crippen molar-refractivity contribution >= 4 is 11.9 Å². The van der Waals surface area contributed by atoms with Crippen LogP contribution in [0, 0.1) is 12.8 Å². The minimum atomic E-state index is -1.02. The van der Waals surface area contributed by atoms with E-state index in [1.54, 1.807) is 6.92 Å². The van der Waals surface area contributed by atoms with Crippen LogP contribution in [0.15, 0.2) is 30.3 Å². The van der Waals surface area contributed by atoms with Crippen LogP contribution in [-0.4, -0.2) is 40.7 Å². The monoisotopic (exact) mass is 395 g/mol. The topological polar surface area (TPSA) is 75.5 Å². The number of hydrogen-bond acceptors (Lipinski definition) is 5. The zero-order valence-corrected chi connectivity index (χ0v) is 17.0. The van der Waals surface area contributed by atoms with E-state index in [0.29, 0.717) is 30.1 Å². The van der Waals surface area contributed by atoms with Gasteiger partial charge in [-0.1, -0.05) is 37.5 Å². The molecule has 29 heavy (non-hydrogen) atoms. The van der Waals surface area contributed by atoms with E-state index in [-0.39, 0.29) is 5.69 Å². The van der Waals surface area contributed by atoms with E-state index in [2.05, 4.69) is 39.1 Å². The van der Waals surface area contributed by atoms with Crippen LogP contribution in [0.3, 0.4) is 0 Å². The summed E-state index contributed by atoms with van der Waals surface area (Å²) in [4.78, 5) is 22.0. The van der Waals surface area contributed by atoms with Gasteiger partial charge in [-0.2, -0.15) is 0 Å². The average Bonchev–Trinajstić information content (AvgIpc) is 3.22. The van der Waals surface area contributed by atoms with E-state index in [0.717, 1.165) is 25.3 Å². The van der Waals surface area contributed by atoms with E-state index < -0.39 is 5.97 Å². The lowest BCUT2D eigenvalue weighted by Gasteiger charge is -2.24. The molecule has 1 saturated carbocycles. The second kappa shape index (κ2) is 8.80. The number of aromatic carboxylic acids is 1. The quantitative estimate of drug-likeness (QED) is 0.779. The Morgan fingerprint density at radius 2 is 1.97 bits per heavy atom. The zero-order chi connectivity index (χ0) is 20.2. The standard InChI is InChI=1S/C23H29N3O3/c1-16-13-20(22(27)28)25-23(24-16)26-12-11-17(14-26)15-29-21-10-6-5-9-19(21)18-7-3-2-4-8-18/h5-6,9-10,13,17-18H,2-4,7-8,11-12,14-15H2,1H3,(H,27,28). The Hall–Kier alpha value is -2.63. The third-order valence-electron chi connectivity index (χ3n) is 6.07. The van der Waals surface area contributed by atoms with Crippen molar-refractivity contribution in [2.45, 2.75) is 51.4 Å². The fourth-order valence-corrected chi connectivity index (χ4v) is 4.52. The highest BCUT2D eigenvalue weighted by Crippen LogP contribution is 2.37. The molecule has 1 aliphatic heterocycles. The molecule has 0 radical (unpaired) electrons. The van der Waals surface area contributed by atoms with Crippen molar-refractivity contribution in [2.24, 2.45) is 5.92 Å². The number of carboxylic acids is 1. The molecule has 6 heteroatoms. The van der Waals surface area contributed by atoms with Crippen LogP contribution in [0.4, 0.5) is 5.95 Å². The van der Waals surface area contributed by atoms with Crippen LogP contribution >= 0.6 is 0 Å².